The Morgan fingerprint density at radius 2 is 2.26 bits per heavy atom. The molecule has 2 aromatic heterocycles. The number of oxazole rings is 1. The Balaban J connectivity index is 1.56. The fourth-order valence-corrected chi connectivity index (χ4v) is 1.87. The van der Waals surface area contributed by atoms with Gasteiger partial charge in [0, 0.05) is 24.5 Å². The van der Waals surface area contributed by atoms with Gasteiger partial charge in [0.25, 0.3) is 6.01 Å². The lowest BCUT2D eigenvalue weighted by Crippen LogP contribution is -2.03. The molecule has 3 aromatic rings. The SMILES string of the molecule is Fc1ccc2oc(NCCCc3ccn[nH]3)nc2c1. The molecular weight excluding hydrogens is 247 g/mol. The molecule has 0 atom stereocenters. The number of hydrogen-bond acceptors (Lipinski definition) is 4. The van der Waals surface area contributed by atoms with Crippen molar-refractivity contribution in [2.45, 2.75) is 12.8 Å². The molecule has 0 bridgehead atoms. The summed E-state index contributed by atoms with van der Waals surface area (Å²) in [6.45, 7) is 0.730. The molecule has 19 heavy (non-hydrogen) atoms. The van der Waals surface area contributed by atoms with Gasteiger partial charge in [-0.05, 0) is 31.0 Å². The van der Waals surface area contributed by atoms with Crippen LogP contribution in [-0.4, -0.2) is 21.7 Å². The molecular formula is C13H13FN4O. The standard InChI is InChI=1S/C13H13FN4O/c14-9-3-4-12-11(8-9)17-13(19-12)15-6-1-2-10-5-7-16-18-10/h3-5,7-8H,1-2,6H2,(H,15,17)(H,16,18). The highest BCUT2D eigenvalue weighted by Crippen LogP contribution is 2.19. The van der Waals surface area contributed by atoms with Crippen molar-refractivity contribution in [3.63, 3.8) is 0 Å². The predicted molar refractivity (Wildman–Crippen MR) is 69.4 cm³/mol. The highest BCUT2D eigenvalue weighted by atomic mass is 19.1. The summed E-state index contributed by atoms with van der Waals surface area (Å²) in [6.07, 6.45) is 3.56. The van der Waals surface area contributed by atoms with E-state index in [0.29, 0.717) is 17.1 Å². The molecule has 0 saturated heterocycles. The van der Waals surface area contributed by atoms with Gasteiger partial charge in [0.1, 0.15) is 11.3 Å². The number of fused-ring (bicyclic) bond motifs is 1. The van der Waals surface area contributed by atoms with E-state index >= 15 is 0 Å². The van der Waals surface area contributed by atoms with Crippen LogP contribution in [0.25, 0.3) is 11.1 Å². The molecule has 2 N–H and O–H groups in total. The largest absolute Gasteiger partial charge is 0.424 e. The van der Waals surface area contributed by atoms with Crippen LogP contribution in [0.15, 0.2) is 34.9 Å². The van der Waals surface area contributed by atoms with Gasteiger partial charge in [-0.1, -0.05) is 0 Å². The van der Waals surface area contributed by atoms with E-state index in [0.717, 1.165) is 25.1 Å². The van der Waals surface area contributed by atoms with Crippen molar-refractivity contribution in [3.8, 4) is 0 Å². The zero-order chi connectivity index (χ0) is 13.1. The minimum absolute atomic E-state index is 0.313. The van der Waals surface area contributed by atoms with E-state index < -0.39 is 0 Å². The fourth-order valence-electron chi connectivity index (χ4n) is 1.87. The number of benzene rings is 1. The van der Waals surface area contributed by atoms with Crippen LogP contribution >= 0.6 is 0 Å². The lowest BCUT2D eigenvalue weighted by atomic mass is 10.2. The highest BCUT2D eigenvalue weighted by Gasteiger charge is 2.05. The Hall–Kier alpha value is -2.37. The van der Waals surface area contributed by atoms with Crippen molar-refractivity contribution in [1.82, 2.24) is 15.2 Å². The van der Waals surface area contributed by atoms with E-state index in [4.69, 9.17) is 4.42 Å². The maximum atomic E-state index is 13.0. The molecule has 3 rings (SSSR count). The van der Waals surface area contributed by atoms with E-state index in [-0.39, 0.29) is 5.82 Å². The number of hydrogen-bond donors (Lipinski definition) is 2. The molecule has 2 heterocycles. The maximum absolute atomic E-state index is 13.0. The number of aromatic nitrogens is 3. The summed E-state index contributed by atoms with van der Waals surface area (Å²) < 4.78 is 18.4. The van der Waals surface area contributed by atoms with Crippen molar-refractivity contribution < 1.29 is 8.81 Å². The number of nitrogens with one attached hydrogen (secondary N) is 2. The number of halogens is 1. The Labute approximate surface area is 108 Å². The molecule has 0 saturated carbocycles. The summed E-state index contributed by atoms with van der Waals surface area (Å²) in [5, 5.41) is 9.87. The van der Waals surface area contributed by atoms with Crippen molar-refractivity contribution in [3.05, 3.63) is 42.0 Å². The molecule has 1 aromatic carbocycles. The Kier molecular flexibility index (Phi) is 3.14. The number of anilines is 1. The van der Waals surface area contributed by atoms with Gasteiger partial charge < -0.3 is 9.73 Å². The third-order valence-corrected chi connectivity index (χ3v) is 2.81. The lowest BCUT2D eigenvalue weighted by molar-refractivity contribution is 0.608. The van der Waals surface area contributed by atoms with Crippen molar-refractivity contribution in [2.75, 3.05) is 11.9 Å². The molecule has 0 radical (unpaired) electrons. The number of aromatic amines is 1. The van der Waals surface area contributed by atoms with Gasteiger partial charge in [-0.15, -0.1) is 0 Å². The first-order chi connectivity index (χ1) is 9.31. The van der Waals surface area contributed by atoms with E-state index in [1.165, 1.54) is 12.1 Å². The van der Waals surface area contributed by atoms with E-state index in [1.807, 2.05) is 6.07 Å². The summed E-state index contributed by atoms with van der Waals surface area (Å²) in [4.78, 5) is 4.17. The van der Waals surface area contributed by atoms with Crippen LogP contribution in [0.2, 0.25) is 0 Å². The Morgan fingerprint density at radius 3 is 3.11 bits per heavy atom. The maximum Gasteiger partial charge on any atom is 0.295 e. The van der Waals surface area contributed by atoms with E-state index in [9.17, 15) is 4.39 Å². The Bertz CT molecular complexity index is 662. The zero-order valence-corrected chi connectivity index (χ0v) is 10.2. The minimum atomic E-state index is -0.313. The summed E-state index contributed by atoms with van der Waals surface area (Å²) in [5.74, 6) is -0.313. The van der Waals surface area contributed by atoms with Crippen LogP contribution in [0.4, 0.5) is 10.4 Å². The number of rotatable bonds is 5. The van der Waals surface area contributed by atoms with Crippen molar-refractivity contribution >= 4 is 17.1 Å². The number of H-pyrrole nitrogens is 1. The van der Waals surface area contributed by atoms with Gasteiger partial charge in [-0.2, -0.15) is 10.1 Å². The summed E-state index contributed by atoms with van der Waals surface area (Å²) in [6, 6.07) is 6.66. The predicted octanol–water partition coefficient (Wildman–Crippen LogP) is 2.73. The highest BCUT2D eigenvalue weighted by molar-refractivity contribution is 5.74. The second-order valence-corrected chi connectivity index (χ2v) is 4.24. The minimum Gasteiger partial charge on any atom is -0.424 e. The zero-order valence-electron chi connectivity index (χ0n) is 10.2. The average Bonchev–Trinajstić information content (AvgIpc) is 3.02. The van der Waals surface area contributed by atoms with Gasteiger partial charge >= 0.3 is 0 Å². The first kappa shape index (κ1) is 11.7. The molecule has 0 unspecified atom stereocenters. The molecule has 0 amide bonds. The van der Waals surface area contributed by atoms with E-state index in [2.05, 4.69) is 20.5 Å². The smallest absolute Gasteiger partial charge is 0.295 e. The second kappa shape index (κ2) is 5.09. The molecule has 0 aliphatic carbocycles. The van der Waals surface area contributed by atoms with Crippen LogP contribution in [0.1, 0.15) is 12.1 Å². The van der Waals surface area contributed by atoms with Gasteiger partial charge in [-0.25, -0.2) is 4.39 Å². The van der Waals surface area contributed by atoms with Crippen molar-refractivity contribution in [1.29, 1.82) is 0 Å². The van der Waals surface area contributed by atoms with Crippen LogP contribution in [0, 0.1) is 5.82 Å². The normalized spacial score (nSPS) is 11.0. The molecule has 0 aliphatic rings. The van der Waals surface area contributed by atoms with Gasteiger partial charge in [-0.3, -0.25) is 5.10 Å². The average molecular weight is 260 g/mol. The first-order valence-corrected chi connectivity index (χ1v) is 6.09. The van der Waals surface area contributed by atoms with Gasteiger partial charge in [0.2, 0.25) is 0 Å². The monoisotopic (exact) mass is 260 g/mol. The number of nitrogens with zero attached hydrogens (tertiary/aromatic N) is 2. The van der Waals surface area contributed by atoms with Crippen LogP contribution in [-0.2, 0) is 6.42 Å². The summed E-state index contributed by atoms with van der Waals surface area (Å²) in [7, 11) is 0. The second-order valence-electron chi connectivity index (χ2n) is 4.24. The summed E-state index contributed by atoms with van der Waals surface area (Å²) in [5.41, 5.74) is 2.20. The molecule has 5 nitrogen and oxygen atoms in total. The quantitative estimate of drug-likeness (QED) is 0.692. The molecule has 98 valence electrons. The molecule has 6 heteroatoms. The Morgan fingerprint density at radius 1 is 1.32 bits per heavy atom. The molecule has 0 aliphatic heterocycles. The third kappa shape index (κ3) is 2.73. The summed E-state index contributed by atoms with van der Waals surface area (Å²) >= 11 is 0. The molecule has 0 spiro atoms. The number of aryl methyl sites for hydroxylation is 1. The fraction of sp³-hybridized carbons (Fsp3) is 0.231. The third-order valence-electron chi connectivity index (χ3n) is 2.81. The topological polar surface area (TPSA) is 66.7 Å². The van der Waals surface area contributed by atoms with Crippen LogP contribution in [0.3, 0.4) is 0 Å². The van der Waals surface area contributed by atoms with Gasteiger partial charge in [0.15, 0.2) is 5.58 Å². The lowest BCUT2D eigenvalue weighted by Gasteiger charge is -1.99. The van der Waals surface area contributed by atoms with Crippen molar-refractivity contribution in [2.24, 2.45) is 0 Å². The first-order valence-electron chi connectivity index (χ1n) is 6.09. The van der Waals surface area contributed by atoms with Crippen LogP contribution < -0.4 is 5.32 Å². The molecule has 0 fully saturated rings. The van der Waals surface area contributed by atoms with Gasteiger partial charge in [0.05, 0.1) is 0 Å². The van der Waals surface area contributed by atoms with E-state index in [1.54, 1.807) is 12.3 Å². The van der Waals surface area contributed by atoms with Crippen LogP contribution in [0.5, 0.6) is 0 Å².